The monoisotopic (exact) mass is 281 g/mol. The summed E-state index contributed by atoms with van der Waals surface area (Å²) >= 11 is 0. The molecule has 19 heavy (non-hydrogen) atoms. The molecule has 3 heteroatoms. The van der Waals surface area contributed by atoms with Crippen LogP contribution in [0.2, 0.25) is 0 Å². The lowest BCUT2D eigenvalue weighted by molar-refractivity contribution is 0.375. The molecule has 2 atom stereocenters. The molecule has 1 aromatic rings. The Morgan fingerprint density at radius 3 is 2.74 bits per heavy atom. The quantitative estimate of drug-likeness (QED) is 0.912. The van der Waals surface area contributed by atoms with Crippen LogP contribution in [-0.4, -0.2) is 19.7 Å². The zero-order chi connectivity index (χ0) is 12.5. The van der Waals surface area contributed by atoms with E-state index in [1.165, 1.54) is 36.9 Å². The molecule has 2 nitrogen and oxygen atoms in total. The number of hydrogen-bond acceptors (Lipinski definition) is 2. The summed E-state index contributed by atoms with van der Waals surface area (Å²) in [7, 11) is 1.78. The van der Waals surface area contributed by atoms with E-state index < -0.39 is 0 Å². The summed E-state index contributed by atoms with van der Waals surface area (Å²) in [5, 5.41) is 3.77. The number of halogens is 1. The summed E-state index contributed by atoms with van der Waals surface area (Å²) in [4.78, 5) is 0. The molecular formula is C16H24ClNO. The second-order valence-electron chi connectivity index (χ2n) is 5.81. The topological polar surface area (TPSA) is 21.3 Å². The minimum Gasteiger partial charge on any atom is -0.496 e. The second-order valence-corrected chi connectivity index (χ2v) is 5.81. The van der Waals surface area contributed by atoms with E-state index in [-0.39, 0.29) is 12.4 Å². The van der Waals surface area contributed by atoms with E-state index in [1.54, 1.807) is 7.11 Å². The van der Waals surface area contributed by atoms with Crippen LogP contribution >= 0.6 is 12.4 Å². The molecule has 0 radical (unpaired) electrons. The molecule has 0 heterocycles. The summed E-state index contributed by atoms with van der Waals surface area (Å²) in [5.74, 6) is 2.63. The molecule has 0 amide bonds. The highest BCUT2D eigenvalue weighted by atomic mass is 35.5. The third-order valence-corrected chi connectivity index (χ3v) is 4.55. The third-order valence-electron chi connectivity index (χ3n) is 4.55. The van der Waals surface area contributed by atoms with Crippen molar-refractivity contribution in [3.8, 4) is 5.75 Å². The van der Waals surface area contributed by atoms with Gasteiger partial charge in [0.05, 0.1) is 7.11 Å². The largest absolute Gasteiger partial charge is 0.496 e. The van der Waals surface area contributed by atoms with Crippen molar-refractivity contribution in [2.75, 3.05) is 13.7 Å². The molecule has 0 aliphatic heterocycles. The maximum atomic E-state index is 5.48. The molecule has 0 saturated heterocycles. The Kier molecular flexibility index (Phi) is 4.75. The van der Waals surface area contributed by atoms with Gasteiger partial charge in [-0.05, 0) is 61.3 Å². The van der Waals surface area contributed by atoms with Crippen LogP contribution in [0.15, 0.2) is 18.2 Å². The van der Waals surface area contributed by atoms with Crippen LogP contribution in [0.25, 0.3) is 0 Å². The van der Waals surface area contributed by atoms with Crippen LogP contribution in [0.4, 0.5) is 0 Å². The van der Waals surface area contributed by atoms with E-state index in [0.29, 0.717) is 12.0 Å². The number of rotatable bonds is 4. The van der Waals surface area contributed by atoms with Crippen molar-refractivity contribution in [3.05, 3.63) is 29.3 Å². The van der Waals surface area contributed by atoms with Crippen molar-refractivity contribution in [2.24, 2.45) is 5.92 Å². The highest BCUT2D eigenvalue weighted by molar-refractivity contribution is 5.85. The molecule has 2 aliphatic carbocycles. The fourth-order valence-electron chi connectivity index (χ4n) is 3.15. The van der Waals surface area contributed by atoms with Crippen LogP contribution in [0.1, 0.15) is 43.2 Å². The van der Waals surface area contributed by atoms with Gasteiger partial charge >= 0.3 is 0 Å². The predicted molar refractivity (Wildman–Crippen MR) is 81.5 cm³/mol. The Morgan fingerprint density at radius 2 is 2.05 bits per heavy atom. The maximum Gasteiger partial charge on any atom is 0.122 e. The Morgan fingerprint density at radius 1 is 1.26 bits per heavy atom. The molecule has 0 spiro atoms. The molecule has 1 aromatic carbocycles. The lowest BCUT2D eigenvalue weighted by Gasteiger charge is -2.33. The Hall–Kier alpha value is -0.730. The molecule has 2 aliphatic rings. The average Bonchev–Trinajstić information content (AvgIpc) is 3.21. The van der Waals surface area contributed by atoms with Crippen molar-refractivity contribution < 1.29 is 4.74 Å². The molecule has 106 valence electrons. The van der Waals surface area contributed by atoms with E-state index in [4.69, 9.17) is 4.74 Å². The van der Waals surface area contributed by atoms with Crippen molar-refractivity contribution in [3.63, 3.8) is 0 Å². The first kappa shape index (κ1) is 14.7. The summed E-state index contributed by atoms with van der Waals surface area (Å²) in [6.07, 6.45) is 5.24. The van der Waals surface area contributed by atoms with E-state index in [2.05, 4.69) is 30.4 Å². The smallest absolute Gasteiger partial charge is 0.122 e. The number of ether oxygens (including phenoxy) is 1. The van der Waals surface area contributed by atoms with Crippen LogP contribution < -0.4 is 10.1 Å². The van der Waals surface area contributed by atoms with Crippen LogP contribution in [0.5, 0.6) is 5.75 Å². The van der Waals surface area contributed by atoms with Gasteiger partial charge in [-0.15, -0.1) is 12.4 Å². The average molecular weight is 282 g/mol. The van der Waals surface area contributed by atoms with Crippen molar-refractivity contribution in [1.29, 1.82) is 0 Å². The van der Waals surface area contributed by atoms with E-state index >= 15 is 0 Å². The van der Waals surface area contributed by atoms with Crippen LogP contribution in [0.3, 0.4) is 0 Å². The van der Waals surface area contributed by atoms with Crippen molar-refractivity contribution in [2.45, 2.75) is 44.6 Å². The van der Waals surface area contributed by atoms with E-state index in [1.807, 2.05) is 0 Å². The Balaban J connectivity index is 0.00000133. The van der Waals surface area contributed by atoms with Gasteiger partial charge in [0.1, 0.15) is 5.75 Å². The first-order valence-corrected chi connectivity index (χ1v) is 7.18. The summed E-state index contributed by atoms with van der Waals surface area (Å²) < 4.78 is 5.48. The molecule has 1 N–H and O–H groups in total. The molecule has 1 saturated carbocycles. The van der Waals surface area contributed by atoms with Gasteiger partial charge in [-0.2, -0.15) is 0 Å². The Labute approximate surface area is 122 Å². The zero-order valence-corrected chi connectivity index (χ0v) is 12.6. The first-order chi connectivity index (χ1) is 8.79. The van der Waals surface area contributed by atoms with E-state index in [0.717, 1.165) is 18.1 Å². The Bertz CT molecular complexity index is 431. The zero-order valence-electron chi connectivity index (χ0n) is 11.8. The lowest BCUT2D eigenvalue weighted by atomic mass is 9.80. The third kappa shape index (κ3) is 3.06. The predicted octanol–water partition coefficient (Wildman–Crippen LogP) is 3.53. The van der Waals surface area contributed by atoms with Crippen molar-refractivity contribution >= 4 is 12.4 Å². The molecule has 1 fully saturated rings. The maximum absolute atomic E-state index is 5.48. The summed E-state index contributed by atoms with van der Waals surface area (Å²) in [6.45, 7) is 3.57. The van der Waals surface area contributed by atoms with Gasteiger partial charge in [0.2, 0.25) is 0 Å². The summed E-state index contributed by atoms with van der Waals surface area (Å²) in [5.41, 5.74) is 2.91. The minimum absolute atomic E-state index is 0. The highest BCUT2D eigenvalue weighted by Crippen LogP contribution is 2.37. The van der Waals surface area contributed by atoms with E-state index in [9.17, 15) is 0 Å². The van der Waals surface area contributed by atoms with Crippen molar-refractivity contribution in [1.82, 2.24) is 5.32 Å². The number of nitrogens with one attached hydrogen (secondary N) is 1. The van der Waals surface area contributed by atoms with Gasteiger partial charge in [-0.25, -0.2) is 0 Å². The van der Waals surface area contributed by atoms with Gasteiger partial charge in [0.25, 0.3) is 0 Å². The first-order valence-electron chi connectivity index (χ1n) is 7.18. The van der Waals surface area contributed by atoms with Gasteiger partial charge in [-0.3, -0.25) is 0 Å². The van der Waals surface area contributed by atoms with Crippen LogP contribution in [0, 0.1) is 5.92 Å². The van der Waals surface area contributed by atoms with Crippen LogP contribution in [-0.2, 0) is 6.42 Å². The molecule has 0 aromatic heterocycles. The number of hydrogen-bond donors (Lipinski definition) is 1. The minimum atomic E-state index is 0. The molecule has 0 bridgehead atoms. The SMILES string of the molecule is COc1cccc2c1CC[C@H](NCC1CC1)[C@@H]2C.Cl. The molecule has 0 unspecified atom stereocenters. The van der Waals surface area contributed by atoms with Gasteiger partial charge in [-0.1, -0.05) is 19.1 Å². The number of methoxy groups -OCH3 is 1. The second kappa shape index (κ2) is 6.15. The fourth-order valence-corrected chi connectivity index (χ4v) is 3.15. The molecule has 3 rings (SSSR count). The van der Waals surface area contributed by atoms with Gasteiger partial charge in [0.15, 0.2) is 0 Å². The fraction of sp³-hybridized carbons (Fsp3) is 0.625. The highest BCUT2D eigenvalue weighted by Gasteiger charge is 2.29. The molecular weight excluding hydrogens is 258 g/mol. The summed E-state index contributed by atoms with van der Waals surface area (Å²) in [6, 6.07) is 7.12. The lowest BCUT2D eigenvalue weighted by Crippen LogP contribution is -2.38. The number of fused-ring (bicyclic) bond motifs is 1. The normalized spacial score (nSPS) is 25.4. The van der Waals surface area contributed by atoms with Gasteiger partial charge < -0.3 is 10.1 Å². The number of benzene rings is 1. The standard InChI is InChI=1S/C16H23NO.ClH/c1-11-13-4-3-5-16(18-2)14(13)8-9-15(11)17-10-12-6-7-12;/h3-5,11-12,15,17H,6-10H2,1-2H3;1H/t11-,15+;/m1./s1. The van der Waals surface area contributed by atoms with Gasteiger partial charge in [0, 0.05) is 6.04 Å².